The van der Waals surface area contributed by atoms with Crippen LogP contribution < -0.4 is 10.7 Å². The summed E-state index contributed by atoms with van der Waals surface area (Å²) in [4.78, 5) is 9.74. The van der Waals surface area contributed by atoms with Gasteiger partial charge in [-0.2, -0.15) is 0 Å². The van der Waals surface area contributed by atoms with Gasteiger partial charge in [-0.1, -0.05) is 133 Å². The summed E-state index contributed by atoms with van der Waals surface area (Å²) in [5, 5.41) is 33.1. The zero-order valence-corrected chi connectivity index (χ0v) is 28.4. The van der Waals surface area contributed by atoms with Gasteiger partial charge in [-0.25, -0.2) is 15.4 Å². The Balaban J connectivity index is 1.03. The van der Waals surface area contributed by atoms with Crippen molar-refractivity contribution in [1.29, 1.82) is 10.8 Å². The summed E-state index contributed by atoms with van der Waals surface area (Å²) >= 11 is 2.59. The van der Waals surface area contributed by atoms with Crippen molar-refractivity contribution in [2.45, 2.75) is 5.37 Å². The molecule has 5 N–H and O–H groups in total. The van der Waals surface area contributed by atoms with E-state index in [9.17, 15) is 0 Å². The highest BCUT2D eigenvalue weighted by molar-refractivity contribution is 8.27. The molecule has 0 saturated heterocycles. The van der Waals surface area contributed by atoms with E-state index < -0.39 is 0 Å². The van der Waals surface area contributed by atoms with Crippen molar-refractivity contribution in [2.75, 3.05) is 7.05 Å². The van der Waals surface area contributed by atoms with Crippen LogP contribution in [0.1, 0.15) is 27.9 Å². The minimum atomic E-state index is -0.177. The maximum Gasteiger partial charge on any atom is 0.263 e. The Hall–Kier alpha value is -5.41. The Labute approximate surface area is 293 Å². The number of fused-ring (bicyclic) bond motifs is 2. The van der Waals surface area contributed by atoms with E-state index in [2.05, 4.69) is 53.8 Å². The second kappa shape index (κ2) is 14.4. The fourth-order valence-corrected chi connectivity index (χ4v) is 7.41. The molecule has 1 atom stereocenters. The molecule has 0 aliphatic carbocycles. The van der Waals surface area contributed by atoms with Crippen molar-refractivity contribution in [3.8, 4) is 22.5 Å². The normalized spacial score (nSPS) is 11.8. The van der Waals surface area contributed by atoms with E-state index in [1.165, 1.54) is 23.5 Å². The topological polar surface area (TPSA) is 111 Å². The number of pyridine rings is 2. The van der Waals surface area contributed by atoms with Crippen molar-refractivity contribution < 1.29 is 5.41 Å². The minimum Gasteiger partial charge on any atom is -0.304 e. The van der Waals surface area contributed by atoms with Crippen molar-refractivity contribution in [1.82, 2.24) is 15.3 Å². The monoisotopic (exact) mass is 673 g/mol. The van der Waals surface area contributed by atoms with Gasteiger partial charge >= 0.3 is 0 Å². The van der Waals surface area contributed by atoms with Crippen LogP contribution >= 0.6 is 23.5 Å². The molecule has 8 heteroatoms. The maximum absolute atomic E-state index is 8.91. The Morgan fingerprint density at radius 3 is 1.69 bits per heavy atom. The molecule has 6 nitrogen and oxygen atoms in total. The smallest absolute Gasteiger partial charge is 0.263 e. The lowest BCUT2D eigenvalue weighted by atomic mass is 10.0. The van der Waals surface area contributed by atoms with Gasteiger partial charge in [0.05, 0.1) is 22.5 Å². The number of nitrogens with zero attached hydrogens (tertiary/aromatic N) is 2. The number of hydrogen-bond acceptors (Lipinski definition) is 7. The average molecular weight is 674 g/mol. The van der Waals surface area contributed by atoms with E-state index in [1.54, 1.807) is 0 Å². The molecule has 0 aliphatic rings. The van der Waals surface area contributed by atoms with Crippen LogP contribution in [-0.2, 0) is 0 Å². The van der Waals surface area contributed by atoms with Gasteiger partial charge in [0.15, 0.2) is 0 Å². The zero-order chi connectivity index (χ0) is 33.7. The first-order valence-corrected chi connectivity index (χ1v) is 17.5. The standard InChI is InChI=1S/C41H32N6S2/c1-45-41(49-40(44)37-21-9-19-35(47-37)33-17-7-13-27-11-3-5-15-31(27)33)29-24-22-28(23-25-29)38(42)48-39(43)36-20-8-18-34(46-36)32-16-6-12-26-10-2-4-14-30(26)32/h2-25,41-45H,1H3/p+1. The molecular weight excluding hydrogens is 641 g/mol. The van der Waals surface area contributed by atoms with Gasteiger partial charge in [-0.05, 0) is 58.4 Å². The minimum absolute atomic E-state index is 0.177. The molecular formula is C41H33N6S2+. The molecule has 2 aromatic heterocycles. The van der Waals surface area contributed by atoms with E-state index in [0.29, 0.717) is 26.5 Å². The van der Waals surface area contributed by atoms with E-state index in [4.69, 9.17) is 26.2 Å². The molecule has 0 saturated carbocycles. The number of nitrogens with one attached hydrogen (secondary N) is 3. The van der Waals surface area contributed by atoms with Crippen molar-refractivity contribution in [2.24, 2.45) is 0 Å². The lowest BCUT2D eigenvalue weighted by Gasteiger charge is -2.17. The zero-order valence-electron chi connectivity index (χ0n) is 26.7. The number of aromatic nitrogens is 2. The van der Waals surface area contributed by atoms with Gasteiger partial charge in [0, 0.05) is 28.5 Å². The van der Waals surface area contributed by atoms with Gasteiger partial charge in [0.2, 0.25) is 0 Å². The number of thioether (sulfide) groups is 2. The fraction of sp³-hybridized carbons (Fsp3) is 0.0488. The molecule has 238 valence electrons. The molecule has 0 radical (unpaired) electrons. The van der Waals surface area contributed by atoms with Crippen LogP contribution in [0.15, 0.2) is 146 Å². The van der Waals surface area contributed by atoms with Crippen LogP contribution in [0.25, 0.3) is 44.1 Å². The number of nitrogens with two attached hydrogens (primary N) is 1. The van der Waals surface area contributed by atoms with E-state index in [-0.39, 0.29) is 5.37 Å². The molecule has 0 bridgehead atoms. The molecule has 49 heavy (non-hydrogen) atoms. The quantitative estimate of drug-likeness (QED) is 0.0736. The summed E-state index contributed by atoms with van der Waals surface area (Å²) in [5.41, 5.74) is 6.77. The third-order valence-electron chi connectivity index (χ3n) is 8.30. The van der Waals surface area contributed by atoms with Crippen LogP contribution in [0.2, 0.25) is 0 Å². The van der Waals surface area contributed by atoms with E-state index in [0.717, 1.165) is 55.2 Å². The molecule has 2 heterocycles. The first-order valence-electron chi connectivity index (χ1n) is 15.8. The van der Waals surface area contributed by atoms with Crippen LogP contribution in [0.3, 0.4) is 0 Å². The summed E-state index contributed by atoms with van der Waals surface area (Å²) in [6.07, 6.45) is 0. The second-order valence-corrected chi connectivity index (χ2v) is 13.6. The Kier molecular flexibility index (Phi) is 9.43. The molecule has 0 fully saturated rings. The highest BCUT2D eigenvalue weighted by atomic mass is 32.2. The predicted octanol–water partition coefficient (Wildman–Crippen LogP) is 8.36. The summed E-state index contributed by atoms with van der Waals surface area (Å²) in [5.74, 6) is 0. The Morgan fingerprint density at radius 2 is 1.10 bits per heavy atom. The van der Waals surface area contributed by atoms with E-state index >= 15 is 0 Å². The highest BCUT2D eigenvalue weighted by Gasteiger charge is 2.19. The third kappa shape index (κ3) is 6.93. The molecule has 0 amide bonds. The summed E-state index contributed by atoms with van der Waals surface area (Å²) in [6, 6.07) is 48.4. The lowest BCUT2D eigenvalue weighted by molar-refractivity contribution is -0.107. The van der Waals surface area contributed by atoms with Crippen LogP contribution in [0.4, 0.5) is 0 Å². The maximum atomic E-state index is 8.91. The van der Waals surface area contributed by atoms with Crippen LogP contribution in [0, 0.1) is 10.8 Å². The van der Waals surface area contributed by atoms with Gasteiger partial charge in [-0.3, -0.25) is 10.8 Å². The molecule has 0 spiro atoms. The first-order chi connectivity index (χ1) is 24.0. The lowest BCUT2D eigenvalue weighted by Crippen LogP contribution is -2.39. The highest BCUT2D eigenvalue weighted by Crippen LogP contribution is 2.32. The Bertz CT molecular complexity index is 2340. The van der Waals surface area contributed by atoms with Crippen molar-refractivity contribution >= 4 is 60.2 Å². The molecule has 7 aromatic rings. The molecule has 0 aliphatic heterocycles. The van der Waals surface area contributed by atoms with Gasteiger partial charge in [0.1, 0.15) is 15.8 Å². The van der Waals surface area contributed by atoms with Gasteiger partial charge in [0.25, 0.3) is 5.04 Å². The first kappa shape index (κ1) is 32.2. The SMILES string of the molecule is CNC(SC(=N)c1cccc(-c2cccc3ccccc23)n1)c1ccc(C(=N)SC(=[NH2+])c2cccc(-c3cccc4ccccc34)n2)cc1. The van der Waals surface area contributed by atoms with Crippen molar-refractivity contribution in [3.05, 3.63) is 168 Å². The predicted molar refractivity (Wildman–Crippen MR) is 207 cm³/mol. The second-order valence-electron chi connectivity index (χ2n) is 11.4. The van der Waals surface area contributed by atoms with Gasteiger partial charge < -0.3 is 5.32 Å². The fourth-order valence-electron chi connectivity index (χ4n) is 5.83. The largest absolute Gasteiger partial charge is 0.304 e. The molecule has 5 aromatic carbocycles. The summed E-state index contributed by atoms with van der Waals surface area (Å²) < 4.78 is 0. The average Bonchev–Trinajstić information content (AvgIpc) is 3.16. The number of hydrogen-bond donors (Lipinski definition) is 4. The summed E-state index contributed by atoms with van der Waals surface area (Å²) in [6.45, 7) is 0. The van der Waals surface area contributed by atoms with Crippen LogP contribution in [0.5, 0.6) is 0 Å². The molecule has 7 rings (SSSR count). The third-order valence-corrected chi connectivity index (χ3v) is 10.4. The van der Waals surface area contributed by atoms with Crippen LogP contribution in [-0.4, -0.2) is 32.1 Å². The van der Waals surface area contributed by atoms with E-state index in [1.807, 2.05) is 104 Å². The number of benzene rings is 5. The number of rotatable bonds is 8. The Morgan fingerprint density at radius 1 is 0.592 bits per heavy atom. The summed E-state index contributed by atoms with van der Waals surface area (Å²) in [7, 11) is 1.88. The van der Waals surface area contributed by atoms with Gasteiger partial charge in [-0.15, -0.1) is 0 Å². The van der Waals surface area contributed by atoms with Crippen molar-refractivity contribution in [3.63, 3.8) is 0 Å². The molecule has 1 unspecified atom stereocenters.